The average molecular weight is 195 g/mol. The predicted molar refractivity (Wildman–Crippen MR) is 52.4 cm³/mol. The van der Waals surface area contributed by atoms with Crippen LogP contribution in [0, 0.1) is 5.82 Å². The third-order valence-electron chi connectivity index (χ3n) is 2.73. The maximum Gasteiger partial charge on any atom is 0.123 e. The van der Waals surface area contributed by atoms with Gasteiger partial charge in [0.15, 0.2) is 0 Å². The number of nitrogens with one attached hydrogen (secondary N) is 1. The van der Waals surface area contributed by atoms with E-state index >= 15 is 0 Å². The normalized spacial score (nSPS) is 20.6. The van der Waals surface area contributed by atoms with Gasteiger partial charge in [0.25, 0.3) is 0 Å². The van der Waals surface area contributed by atoms with Crippen molar-refractivity contribution >= 4 is 0 Å². The molecule has 0 bridgehead atoms. The molecule has 0 saturated carbocycles. The third-order valence-corrected chi connectivity index (χ3v) is 2.73. The fourth-order valence-corrected chi connectivity index (χ4v) is 1.73. The Balaban J connectivity index is 2.14. The second-order valence-corrected chi connectivity index (χ2v) is 3.71. The molecule has 0 amide bonds. The zero-order valence-corrected chi connectivity index (χ0v) is 7.96. The Morgan fingerprint density at radius 1 is 1.43 bits per heavy atom. The Morgan fingerprint density at radius 2 is 2.21 bits per heavy atom. The second-order valence-electron chi connectivity index (χ2n) is 3.71. The first-order chi connectivity index (χ1) is 6.79. The fourth-order valence-electron chi connectivity index (χ4n) is 1.73. The lowest BCUT2D eigenvalue weighted by atomic mass is 9.95. The molecule has 1 fully saturated rings. The first kappa shape index (κ1) is 9.62. The molecule has 2 rings (SSSR count). The first-order valence-electron chi connectivity index (χ1n) is 4.91. The lowest BCUT2D eigenvalue weighted by Gasteiger charge is -2.28. The van der Waals surface area contributed by atoms with Gasteiger partial charge in [0.1, 0.15) is 5.82 Å². The van der Waals surface area contributed by atoms with Crippen LogP contribution in [0.15, 0.2) is 18.2 Å². The summed E-state index contributed by atoms with van der Waals surface area (Å²) in [6.07, 6.45) is 2.05. The van der Waals surface area contributed by atoms with E-state index in [4.69, 9.17) is 5.11 Å². The Bertz CT molecular complexity index is 323. The lowest BCUT2D eigenvalue weighted by Crippen LogP contribution is -2.44. The number of rotatable bonds is 3. The van der Waals surface area contributed by atoms with Crippen molar-refractivity contribution in [2.75, 3.05) is 6.54 Å². The maximum atomic E-state index is 12.8. The SMILES string of the molecule is OCc1cc(F)ccc1CC1CCN1. The summed E-state index contributed by atoms with van der Waals surface area (Å²) >= 11 is 0. The molecule has 1 atom stereocenters. The van der Waals surface area contributed by atoms with Crippen molar-refractivity contribution in [3.8, 4) is 0 Å². The van der Waals surface area contributed by atoms with E-state index in [0.717, 1.165) is 18.5 Å². The van der Waals surface area contributed by atoms with Gasteiger partial charge in [-0.05, 0) is 42.6 Å². The summed E-state index contributed by atoms with van der Waals surface area (Å²) in [5, 5.41) is 12.3. The summed E-state index contributed by atoms with van der Waals surface area (Å²) in [5.74, 6) is -0.278. The van der Waals surface area contributed by atoms with Gasteiger partial charge < -0.3 is 10.4 Å². The first-order valence-corrected chi connectivity index (χ1v) is 4.91. The highest BCUT2D eigenvalue weighted by atomic mass is 19.1. The van der Waals surface area contributed by atoms with E-state index in [1.54, 1.807) is 6.07 Å². The molecule has 0 radical (unpaired) electrons. The van der Waals surface area contributed by atoms with E-state index < -0.39 is 0 Å². The number of benzene rings is 1. The van der Waals surface area contributed by atoms with Crippen molar-refractivity contribution in [1.29, 1.82) is 0 Å². The van der Waals surface area contributed by atoms with E-state index in [-0.39, 0.29) is 12.4 Å². The van der Waals surface area contributed by atoms with Crippen LogP contribution in [0.3, 0.4) is 0 Å². The van der Waals surface area contributed by atoms with Crippen LogP contribution in [0.25, 0.3) is 0 Å². The summed E-state index contributed by atoms with van der Waals surface area (Å²) < 4.78 is 12.8. The highest BCUT2D eigenvalue weighted by molar-refractivity contribution is 5.28. The minimum absolute atomic E-state index is 0.0835. The standard InChI is InChI=1S/C11H14FNO/c12-10-2-1-8(9(5-10)7-14)6-11-3-4-13-11/h1-2,5,11,13-14H,3-4,6-7H2. The number of hydrogen-bond donors (Lipinski definition) is 2. The maximum absolute atomic E-state index is 12.8. The molecule has 3 heteroatoms. The van der Waals surface area contributed by atoms with Crippen molar-refractivity contribution in [2.24, 2.45) is 0 Å². The van der Waals surface area contributed by atoms with E-state index in [0.29, 0.717) is 11.6 Å². The van der Waals surface area contributed by atoms with Gasteiger partial charge in [-0.2, -0.15) is 0 Å². The van der Waals surface area contributed by atoms with Crippen LogP contribution in [0.2, 0.25) is 0 Å². The van der Waals surface area contributed by atoms with Gasteiger partial charge in [-0.25, -0.2) is 4.39 Å². The van der Waals surface area contributed by atoms with Crippen LogP contribution in [-0.4, -0.2) is 17.7 Å². The van der Waals surface area contributed by atoms with Crippen molar-refractivity contribution in [3.05, 3.63) is 35.1 Å². The highest BCUT2D eigenvalue weighted by Gasteiger charge is 2.17. The molecule has 0 spiro atoms. The van der Waals surface area contributed by atoms with Crippen molar-refractivity contribution < 1.29 is 9.50 Å². The minimum Gasteiger partial charge on any atom is -0.392 e. The Hall–Kier alpha value is -0.930. The molecule has 1 unspecified atom stereocenters. The summed E-state index contributed by atoms with van der Waals surface area (Å²) in [5.41, 5.74) is 1.75. The fraction of sp³-hybridized carbons (Fsp3) is 0.455. The molecular weight excluding hydrogens is 181 g/mol. The van der Waals surface area contributed by atoms with Gasteiger partial charge in [0, 0.05) is 6.04 Å². The molecule has 1 aromatic rings. The topological polar surface area (TPSA) is 32.3 Å². The minimum atomic E-state index is -0.278. The summed E-state index contributed by atoms with van der Waals surface area (Å²) in [7, 11) is 0. The summed E-state index contributed by atoms with van der Waals surface area (Å²) in [6.45, 7) is 0.986. The van der Waals surface area contributed by atoms with Crippen molar-refractivity contribution in [2.45, 2.75) is 25.5 Å². The molecule has 14 heavy (non-hydrogen) atoms. The van der Waals surface area contributed by atoms with Crippen LogP contribution in [-0.2, 0) is 13.0 Å². The van der Waals surface area contributed by atoms with E-state index in [1.165, 1.54) is 18.6 Å². The predicted octanol–water partition coefficient (Wildman–Crippen LogP) is 1.22. The summed E-state index contributed by atoms with van der Waals surface area (Å²) in [6, 6.07) is 5.13. The van der Waals surface area contributed by atoms with E-state index in [1.807, 2.05) is 0 Å². The van der Waals surface area contributed by atoms with Crippen molar-refractivity contribution in [3.63, 3.8) is 0 Å². The molecule has 1 aromatic carbocycles. The van der Waals surface area contributed by atoms with Gasteiger partial charge in [-0.1, -0.05) is 6.07 Å². The van der Waals surface area contributed by atoms with Crippen LogP contribution in [0.1, 0.15) is 17.5 Å². The number of halogens is 1. The van der Waals surface area contributed by atoms with Gasteiger partial charge in [0.05, 0.1) is 6.61 Å². The lowest BCUT2D eigenvalue weighted by molar-refractivity contribution is 0.278. The number of aliphatic hydroxyl groups excluding tert-OH is 1. The monoisotopic (exact) mass is 195 g/mol. The molecule has 1 heterocycles. The average Bonchev–Trinajstić information content (AvgIpc) is 2.13. The molecule has 76 valence electrons. The molecule has 1 aliphatic rings. The van der Waals surface area contributed by atoms with Crippen LogP contribution >= 0.6 is 0 Å². The van der Waals surface area contributed by atoms with E-state index in [9.17, 15) is 4.39 Å². The molecule has 0 aromatic heterocycles. The third kappa shape index (κ3) is 1.94. The largest absolute Gasteiger partial charge is 0.392 e. The zero-order chi connectivity index (χ0) is 9.97. The number of aliphatic hydroxyl groups is 1. The second kappa shape index (κ2) is 4.07. The van der Waals surface area contributed by atoms with Crippen LogP contribution < -0.4 is 5.32 Å². The van der Waals surface area contributed by atoms with Crippen LogP contribution in [0.5, 0.6) is 0 Å². The van der Waals surface area contributed by atoms with Gasteiger partial charge in [0.2, 0.25) is 0 Å². The van der Waals surface area contributed by atoms with Gasteiger partial charge in [-0.3, -0.25) is 0 Å². The molecule has 0 aliphatic carbocycles. The Labute approximate surface area is 82.8 Å². The Kier molecular flexibility index (Phi) is 2.79. The van der Waals surface area contributed by atoms with E-state index in [2.05, 4.69) is 5.32 Å². The Morgan fingerprint density at radius 3 is 2.79 bits per heavy atom. The van der Waals surface area contributed by atoms with Gasteiger partial charge in [-0.15, -0.1) is 0 Å². The molecule has 2 nitrogen and oxygen atoms in total. The smallest absolute Gasteiger partial charge is 0.123 e. The highest BCUT2D eigenvalue weighted by Crippen LogP contribution is 2.16. The van der Waals surface area contributed by atoms with Crippen molar-refractivity contribution in [1.82, 2.24) is 5.32 Å². The quantitative estimate of drug-likeness (QED) is 0.760. The molecule has 1 aliphatic heterocycles. The molecule has 1 saturated heterocycles. The summed E-state index contributed by atoms with van der Waals surface area (Å²) in [4.78, 5) is 0. The van der Waals surface area contributed by atoms with Gasteiger partial charge >= 0.3 is 0 Å². The molecule has 2 N–H and O–H groups in total. The molecular formula is C11H14FNO. The van der Waals surface area contributed by atoms with Crippen LogP contribution in [0.4, 0.5) is 4.39 Å². The number of hydrogen-bond acceptors (Lipinski definition) is 2. The zero-order valence-electron chi connectivity index (χ0n) is 7.96.